The van der Waals surface area contributed by atoms with Gasteiger partial charge in [-0.15, -0.1) is 0 Å². The third kappa shape index (κ3) is 4.67. The normalized spacial score (nSPS) is 15.6. The monoisotopic (exact) mass is 681 g/mol. The van der Waals surface area contributed by atoms with Gasteiger partial charge in [-0.3, -0.25) is 0 Å². The van der Waals surface area contributed by atoms with Crippen molar-refractivity contribution >= 4 is 60.5 Å². The summed E-state index contributed by atoms with van der Waals surface area (Å²) >= 11 is 0. The van der Waals surface area contributed by atoms with Crippen molar-refractivity contribution in [3.8, 4) is 34.2 Å². The van der Waals surface area contributed by atoms with Crippen LogP contribution in [0.15, 0.2) is 161 Å². The molecule has 0 spiro atoms. The van der Waals surface area contributed by atoms with Crippen LogP contribution in [0.4, 0.5) is 0 Å². The quantitative estimate of drug-likeness (QED) is 0.173. The van der Waals surface area contributed by atoms with E-state index < -0.39 is 0 Å². The Labute approximate surface area is 304 Å². The second-order valence-corrected chi connectivity index (χ2v) is 14.0. The molecule has 0 saturated heterocycles. The molecule has 2 unspecified atom stereocenters. The van der Waals surface area contributed by atoms with Crippen molar-refractivity contribution in [1.29, 1.82) is 0 Å². The minimum atomic E-state index is -0.0398. The molecule has 5 nitrogen and oxygen atoms in total. The Morgan fingerprint density at radius 1 is 0.509 bits per heavy atom. The third-order valence-electron chi connectivity index (χ3n) is 10.8. The number of furan rings is 2. The second-order valence-electron chi connectivity index (χ2n) is 14.0. The number of para-hydroxylation sites is 2. The number of nitrogens with zero attached hydrogens (tertiary/aromatic N) is 3. The van der Waals surface area contributed by atoms with Gasteiger partial charge in [0, 0.05) is 44.0 Å². The number of allylic oxidation sites excluding steroid dienone is 1. The first-order valence-electron chi connectivity index (χ1n) is 18.1. The van der Waals surface area contributed by atoms with Crippen molar-refractivity contribution in [3.05, 3.63) is 169 Å². The van der Waals surface area contributed by atoms with Crippen LogP contribution in [-0.4, -0.2) is 15.0 Å². The highest BCUT2D eigenvalue weighted by molar-refractivity contribution is 6.13. The maximum Gasteiger partial charge on any atom is 0.164 e. The van der Waals surface area contributed by atoms with E-state index in [2.05, 4.69) is 110 Å². The summed E-state index contributed by atoms with van der Waals surface area (Å²) in [5, 5.41) is 7.91. The molecule has 0 saturated carbocycles. The van der Waals surface area contributed by atoms with Gasteiger partial charge >= 0.3 is 0 Å². The zero-order valence-electron chi connectivity index (χ0n) is 28.8. The van der Waals surface area contributed by atoms with Crippen LogP contribution in [0.2, 0.25) is 0 Å². The van der Waals surface area contributed by atoms with Gasteiger partial charge < -0.3 is 8.83 Å². The van der Waals surface area contributed by atoms with E-state index in [1.54, 1.807) is 0 Å². The van der Waals surface area contributed by atoms with Gasteiger partial charge in [-0.2, -0.15) is 0 Å². The van der Waals surface area contributed by atoms with Crippen LogP contribution in [0.3, 0.4) is 0 Å². The molecule has 1 aliphatic carbocycles. The van der Waals surface area contributed by atoms with Gasteiger partial charge in [-0.1, -0.05) is 140 Å². The van der Waals surface area contributed by atoms with E-state index in [9.17, 15) is 0 Å². The second kappa shape index (κ2) is 11.6. The lowest BCUT2D eigenvalue weighted by atomic mass is 9.79. The standard InChI is InChI=1S/C48H31N3O2/c1-28-19-23-36-35-15-7-9-17-40(35)52-44(36)42(28)38-25-26-39(43-37-16-8-10-18-41(37)53-45(38)43)48-50-46(30-12-3-2-4-13-30)49-47(51-48)32-22-24-34-31(27-32)21-20-29-11-5-6-14-33(29)34/h2-28,42H,1H3. The van der Waals surface area contributed by atoms with Crippen molar-refractivity contribution in [2.45, 2.75) is 12.8 Å². The first kappa shape index (κ1) is 29.8. The topological polar surface area (TPSA) is 65.0 Å². The highest BCUT2D eigenvalue weighted by atomic mass is 16.3. The van der Waals surface area contributed by atoms with Crippen LogP contribution >= 0.6 is 0 Å². The van der Waals surface area contributed by atoms with Crippen LogP contribution in [0.25, 0.3) is 94.7 Å². The molecule has 11 rings (SSSR count). The van der Waals surface area contributed by atoms with E-state index in [-0.39, 0.29) is 11.8 Å². The average Bonchev–Trinajstić information content (AvgIpc) is 3.80. The van der Waals surface area contributed by atoms with Gasteiger partial charge in [0.2, 0.25) is 0 Å². The van der Waals surface area contributed by atoms with Crippen LogP contribution in [0.1, 0.15) is 29.7 Å². The van der Waals surface area contributed by atoms with Crippen molar-refractivity contribution < 1.29 is 8.83 Å². The molecular formula is C48H31N3O2. The summed E-state index contributed by atoms with van der Waals surface area (Å²) in [6.45, 7) is 2.25. The highest BCUT2D eigenvalue weighted by Crippen LogP contribution is 2.48. The predicted octanol–water partition coefficient (Wildman–Crippen LogP) is 12.6. The molecule has 0 N–H and O–H groups in total. The maximum atomic E-state index is 6.81. The fourth-order valence-electron chi connectivity index (χ4n) is 8.28. The Hall–Kier alpha value is -6.85. The zero-order chi connectivity index (χ0) is 35.0. The van der Waals surface area contributed by atoms with Crippen molar-refractivity contribution in [2.75, 3.05) is 0 Å². The number of benzene rings is 7. The number of rotatable bonds is 4. The van der Waals surface area contributed by atoms with E-state index in [1.165, 1.54) is 16.2 Å². The molecule has 3 heterocycles. The number of aromatic nitrogens is 3. The Bertz CT molecular complexity index is 3100. The highest BCUT2D eigenvalue weighted by Gasteiger charge is 2.33. The van der Waals surface area contributed by atoms with Crippen molar-refractivity contribution in [1.82, 2.24) is 15.0 Å². The molecule has 5 heteroatoms. The smallest absolute Gasteiger partial charge is 0.164 e. The SMILES string of the molecule is CC1C=Cc2c(oc3ccccc23)C1c1ccc(-c2nc(-c3ccccc3)nc(-c3ccc4c(ccc5ccccc54)c3)n2)c2c1oc1ccccc12. The molecule has 0 fully saturated rings. The summed E-state index contributed by atoms with van der Waals surface area (Å²) in [7, 11) is 0. The Morgan fingerprint density at radius 2 is 1.17 bits per heavy atom. The van der Waals surface area contributed by atoms with Gasteiger partial charge in [-0.25, -0.2) is 15.0 Å². The summed E-state index contributed by atoms with van der Waals surface area (Å²) in [4.78, 5) is 15.5. The summed E-state index contributed by atoms with van der Waals surface area (Å²) in [6.07, 6.45) is 4.49. The van der Waals surface area contributed by atoms with Crippen LogP contribution in [0, 0.1) is 5.92 Å². The van der Waals surface area contributed by atoms with E-state index in [0.717, 1.165) is 71.9 Å². The van der Waals surface area contributed by atoms with Crippen molar-refractivity contribution in [3.63, 3.8) is 0 Å². The number of hydrogen-bond donors (Lipinski definition) is 0. The fraction of sp³-hybridized carbons (Fsp3) is 0.0625. The summed E-state index contributed by atoms with van der Waals surface area (Å²) in [5.41, 5.74) is 7.50. The molecule has 1 aliphatic rings. The average molecular weight is 682 g/mol. The lowest BCUT2D eigenvalue weighted by Crippen LogP contribution is -2.13. The Balaban J connectivity index is 1.14. The van der Waals surface area contributed by atoms with Gasteiger partial charge in [0.1, 0.15) is 22.5 Å². The van der Waals surface area contributed by atoms with Crippen LogP contribution in [-0.2, 0) is 0 Å². The third-order valence-corrected chi connectivity index (χ3v) is 10.8. The lowest BCUT2D eigenvalue weighted by molar-refractivity contribution is 0.467. The Morgan fingerprint density at radius 3 is 2.02 bits per heavy atom. The van der Waals surface area contributed by atoms with Gasteiger partial charge in [0.15, 0.2) is 17.5 Å². The largest absolute Gasteiger partial charge is 0.460 e. The van der Waals surface area contributed by atoms with Crippen LogP contribution < -0.4 is 0 Å². The maximum absolute atomic E-state index is 6.81. The Kier molecular flexibility index (Phi) is 6.52. The number of fused-ring (bicyclic) bond motifs is 9. The molecule has 0 amide bonds. The molecule has 0 bridgehead atoms. The summed E-state index contributed by atoms with van der Waals surface area (Å²) in [6, 6.07) is 50.3. The van der Waals surface area contributed by atoms with Gasteiger partial charge in [0.25, 0.3) is 0 Å². The molecule has 10 aromatic rings. The van der Waals surface area contributed by atoms with E-state index >= 15 is 0 Å². The number of hydrogen-bond acceptors (Lipinski definition) is 5. The summed E-state index contributed by atoms with van der Waals surface area (Å²) in [5.74, 6) is 2.94. The first-order valence-corrected chi connectivity index (χ1v) is 18.1. The molecule has 3 aromatic heterocycles. The summed E-state index contributed by atoms with van der Waals surface area (Å²) < 4.78 is 13.4. The minimum Gasteiger partial charge on any atom is -0.460 e. The molecule has 250 valence electrons. The molecule has 53 heavy (non-hydrogen) atoms. The van der Waals surface area contributed by atoms with Gasteiger partial charge in [-0.05, 0) is 51.7 Å². The molecule has 7 aromatic carbocycles. The van der Waals surface area contributed by atoms with E-state index in [4.69, 9.17) is 23.8 Å². The van der Waals surface area contributed by atoms with Gasteiger partial charge in [0.05, 0.1) is 5.92 Å². The van der Waals surface area contributed by atoms with Crippen molar-refractivity contribution in [2.24, 2.45) is 5.92 Å². The molecular weight excluding hydrogens is 651 g/mol. The minimum absolute atomic E-state index is 0.0398. The lowest BCUT2D eigenvalue weighted by Gasteiger charge is -2.24. The molecule has 2 atom stereocenters. The zero-order valence-corrected chi connectivity index (χ0v) is 28.8. The molecule has 0 aliphatic heterocycles. The predicted molar refractivity (Wildman–Crippen MR) is 215 cm³/mol. The first-order chi connectivity index (χ1) is 26.2. The van der Waals surface area contributed by atoms with E-state index in [0.29, 0.717) is 17.5 Å². The molecule has 0 radical (unpaired) electrons. The fourth-order valence-corrected chi connectivity index (χ4v) is 8.28. The van der Waals surface area contributed by atoms with Crippen LogP contribution in [0.5, 0.6) is 0 Å². The van der Waals surface area contributed by atoms with E-state index in [1.807, 2.05) is 54.6 Å².